The van der Waals surface area contributed by atoms with Gasteiger partial charge in [0.15, 0.2) is 0 Å². The lowest BCUT2D eigenvalue weighted by molar-refractivity contribution is -0.131. The number of rotatable bonds is 2. The van der Waals surface area contributed by atoms with E-state index in [1.807, 2.05) is 6.07 Å². The summed E-state index contributed by atoms with van der Waals surface area (Å²) in [6.07, 6.45) is 0.780. The van der Waals surface area contributed by atoms with Crippen molar-refractivity contribution in [3.63, 3.8) is 0 Å². The molecule has 3 rings (SSSR count). The second-order valence-electron chi connectivity index (χ2n) is 4.94. The number of thiophene rings is 1. The minimum Gasteiger partial charge on any atom is -0.338 e. The van der Waals surface area contributed by atoms with Gasteiger partial charge >= 0.3 is 0 Å². The Balaban J connectivity index is 1.75. The van der Waals surface area contributed by atoms with Crippen LogP contribution in [0.25, 0.3) is 0 Å². The van der Waals surface area contributed by atoms with Gasteiger partial charge in [-0.2, -0.15) is 0 Å². The summed E-state index contributed by atoms with van der Waals surface area (Å²) in [5.74, 6) is -0.554. The molecule has 0 unspecified atom stereocenters. The molecule has 0 saturated heterocycles. The van der Waals surface area contributed by atoms with Gasteiger partial charge < -0.3 is 4.90 Å². The Kier molecular flexibility index (Phi) is 4.20. The van der Waals surface area contributed by atoms with Crippen LogP contribution in [-0.2, 0) is 24.2 Å². The van der Waals surface area contributed by atoms with E-state index in [0.717, 1.165) is 16.3 Å². The van der Waals surface area contributed by atoms with Crippen LogP contribution in [0.1, 0.15) is 16.0 Å². The first kappa shape index (κ1) is 14.8. The Morgan fingerprint density at radius 2 is 2.19 bits per heavy atom. The van der Waals surface area contributed by atoms with Gasteiger partial charge in [-0.15, -0.1) is 11.3 Å². The zero-order chi connectivity index (χ0) is 15.0. The predicted molar refractivity (Wildman–Crippen MR) is 83.6 cm³/mol. The molecule has 2 nitrogen and oxygen atoms in total. The minimum atomic E-state index is -0.438. The number of hydrogen-bond acceptors (Lipinski definition) is 2. The third-order valence-corrected chi connectivity index (χ3v) is 5.30. The number of carbonyl (C=O) groups is 1. The van der Waals surface area contributed by atoms with Crippen molar-refractivity contribution in [2.24, 2.45) is 0 Å². The monoisotopic (exact) mass is 343 g/mol. The Morgan fingerprint density at radius 1 is 1.38 bits per heavy atom. The lowest BCUT2D eigenvalue weighted by Crippen LogP contribution is -2.36. The average Bonchev–Trinajstić information content (AvgIpc) is 2.81. The molecule has 0 fully saturated rings. The molecule has 1 aromatic carbocycles. The average molecular weight is 344 g/mol. The molecule has 0 N–H and O–H groups in total. The van der Waals surface area contributed by atoms with Crippen molar-refractivity contribution in [2.45, 2.75) is 19.4 Å². The van der Waals surface area contributed by atoms with Crippen LogP contribution in [0.3, 0.4) is 0 Å². The van der Waals surface area contributed by atoms with Crippen molar-refractivity contribution in [1.82, 2.24) is 4.90 Å². The summed E-state index contributed by atoms with van der Waals surface area (Å²) < 4.78 is 14.5. The standard InChI is InChI=1S/C15H12Cl2FNOS/c16-11-2-1-3-12(18)10(11)7-15(20)19-5-4-13-9(8-19)6-14(17)21-13/h1-3,6H,4-5,7-8H2. The topological polar surface area (TPSA) is 20.3 Å². The number of carbonyl (C=O) groups excluding carboxylic acids is 1. The molecule has 1 aromatic heterocycles. The van der Waals surface area contributed by atoms with Crippen LogP contribution in [0, 0.1) is 5.82 Å². The lowest BCUT2D eigenvalue weighted by Gasteiger charge is -2.27. The first-order valence-corrected chi connectivity index (χ1v) is 8.09. The van der Waals surface area contributed by atoms with Gasteiger partial charge in [-0.1, -0.05) is 29.3 Å². The van der Waals surface area contributed by atoms with E-state index in [9.17, 15) is 9.18 Å². The highest BCUT2D eigenvalue weighted by molar-refractivity contribution is 7.16. The van der Waals surface area contributed by atoms with E-state index in [1.54, 1.807) is 22.3 Å². The van der Waals surface area contributed by atoms with Crippen molar-refractivity contribution in [3.05, 3.63) is 55.4 Å². The van der Waals surface area contributed by atoms with Gasteiger partial charge in [-0.25, -0.2) is 4.39 Å². The maximum atomic E-state index is 13.7. The van der Waals surface area contributed by atoms with Crippen LogP contribution in [0.15, 0.2) is 24.3 Å². The molecule has 2 aromatic rings. The molecule has 0 bridgehead atoms. The maximum Gasteiger partial charge on any atom is 0.227 e. The fourth-order valence-corrected chi connectivity index (χ4v) is 4.00. The smallest absolute Gasteiger partial charge is 0.227 e. The molecule has 0 spiro atoms. The zero-order valence-corrected chi connectivity index (χ0v) is 13.4. The van der Waals surface area contributed by atoms with E-state index in [4.69, 9.17) is 23.2 Å². The maximum absolute atomic E-state index is 13.7. The Labute approximate surface area is 136 Å². The third kappa shape index (κ3) is 3.07. The first-order chi connectivity index (χ1) is 10.0. The molecular weight excluding hydrogens is 332 g/mol. The number of nitrogens with zero attached hydrogens (tertiary/aromatic N) is 1. The van der Waals surface area contributed by atoms with Crippen LogP contribution in [-0.4, -0.2) is 17.4 Å². The molecular formula is C15H12Cl2FNOS. The predicted octanol–water partition coefficient (Wildman–Crippen LogP) is 4.32. The van der Waals surface area contributed by atoms with Crippen LogP contribution < -0.4 is 0 Å². The van der Waals surface area contributed by atoms with Crippen LogP contribution in [0.5, 0.6) is 0 Å². The molecule has 110 valence electrons. The molecule has 1 aliphatic rings. The molecule has 0 aliphatic carbocycles. The molecule has 1 amide bonds. The summed E-state index contributed by atoms with van der Waals surface area (Å²) in [7, 11) is 0. The van der Waals surface area contributed by atoms with E-state index in [0.29, 0.717) is 18.1 Å². The van der Waals surface area contributed by atoms with E-state index in [2.05, 4.69) is 0 Å². The molecule has 21 heavy (non-hydrogen) atoms. The number of benzene rings is 1. The molecule has 0 saturated carbocycles. The molecule has 2 heterocycles. The van der Waals surface area contributed by atoms with Crippen LogP contribution >= 0.6 is 34.5 Å². The van der Waals surface area contributed by atoms with Gasteiger partial charge in [-0.3, -0.25) is 4.79 Å². The largest absolute Gasteiger partial charge is 0.338 e. The number of fused-ring (bicyclic) bond motifs is 1. The Morgan fingerprint density at radius 3 is 2.95 bits per heavy atom. The summed E-state index contributed by atoms with van der Waals surface area (Å²) in [4.78, 5) is 15.3. The van der Waals surface area contributed by atoms with Crippen LogP contribution in [0.2, 0.25) is 9.36 Å². The van der Waals surface area contributed by atoms with Gasteiger partial charge in [0.25, 0.3) is 0 Å². The fraction of sp³-hybridized carbons (Fsp3) is 0.267. The molecule has 0 radical (unpaired) electrons. The van der Waals surface area contributed by atoms with Gasteiger partial charge in [-0.05, 0) is 30.2 Å². The fourth-order valence-electron chi connectivity index (χ4n) is 2.47. The molecule has 1 aliphatic heterocycles. The van der Waals surface area contributed by atoms with Gasteiger partial charge in [0.1, 0.15) is 5.82 Å². The van der Waals surface area contributed by atoms with E-state index < -0.39 is 5.82 Å². The van der Waals surface area contributed by atoms with Crippen molar-refractivity contribution in [3.8, 4) is 0 Å². The second kappa shape index (κ2) is 5.95. The second-order valence-corrected chi connectivity index (χ2v) is 7.12. The quantitative estimate of drug-likeness (QED) is 0.795. The normalized spacial score (nSPS) is 14.1. The van der Waals surface area contributed by atoms with E-state index >= 15 is 0 Å². The lowest BCUT2D eigenvalue weighted by atomic mass is 10.1. The van der Waals surface area contributed by atoms with Crippen LogP contribution in [0.4, 0.5) is 4.39 Å². The van der Waals surface area contributed by atoms with E-state index in [-0.39, 0.29) is 17.9 Å². The third-order valence-electron chi connectivity index (χ3n) is 3.58. The van der Waals surface area contributed by atoms with Crippen molar-refractivity contribution in [2.75, 3.05) is 6.54 Å². The van der Waals surface area contributed by atoms with Crippen molar-refractivity contribution < 1.29 is 9.18 Å². The zero-order valence-electron chi connectivity index (χ0n) is 11.0. The Hall–Kier alpha value is -1.10. The molecule has 0 atom stereocenters. The summed E-state index contributed by atoms with van der Waals surface area (Å²) in [6.45, 7) is 1.16. The first-order valence-electron chi connectivity index (χ1n) is 6.52. The highest BCUT2D eigenvalue weighted by Crippen LogP contribution is 2.31. The summed E-state index contributed by atoms with van der Waals surface area (Å²) in [5, 5.41) is 0.291. The number of hydrogen-bond donors (Lipinski definition) is 0. The van der Waals surface area contributed by atoms with Gasteiger partial charge in [0, 0.05) is 28.6 Å². The highest BCUT2D eigenvalue weighted by Gasteiger charge is 2.24. The number of halogens is 3. The Bertz CT molecular complexity index is 681. The van der Waals surface area contributed by atoms with E-state index in [1.165, 1.54) is 17.0 Å². The molecule has 6 heteroatoms. The van der Waals surface area contributed by atoms with Crippen molar-refractivity contribution in [1.29, 1.82) is 0 Å². The van der Waals surface area contributed by atoms with Crippen molar-refractivity contribution >= 4 is 40.4 Å². The number of amides is 1. The van der Waals surface area contributed by atoms with Gasteiger partial charge in [0.2, 0.25) is 5.91 Å². The summed E-state index contributed by atoms with van der Waals surface area (Å²) in [6, 6.07) is 6.35. The highest BCUT2D eigenvalue weighted by atomic mass is 35.5. The van der Waals surface area contributed by atoms with Gasteiger partial charge in [0.05, 0.1) is 10.8 Å². The summed E-state index contributed by atoms with van der Waals surface area (Å²) in [5.41, 5.74) is 1.35. The SMILES string of the molecule is O=C(Cc1c(F)cccc1Cl)N1CCc2sc(Cl)cc2C1. The minimum absolute atomic E-state index is 0.0152. The summed E-state index contributed by atoms with van der Waals surface area (Å²) >= 11 is 13.5.